The van der Waals surface area contributed by atoms with Gasteiger partial charge < -0.3 is 0 Å². The van der Waals surface area contributed by atoms with Crippen molar-refractivity contribution in [2.45, 2.75) is 9.92 Å². The molecule has 0 aliphatic heterocycles. The Hall–Kier alpha value is -1.11. The van der Waals surface area contributed by atoms with Gasteiger partial charge in [0.25, 0.3) is 0 Å². The largest absolute Gasteiger partial charge is 0.302 e. The van der Waals surface area contributed by atoms with Crippen LogP contribution in [0.2, 0.25) is 5.02 Å². The highest BCUT2D eigenvalue weighted by Crippen LogP contribution is 2.35. The topological polar surface area (TPSA) is 56.0 Å². The lowest BCUT2D eigenvalue weighted by Gasteiger charge is -2.02. The molecule has 0 aliphatic rings. The normalized spacial score (nSPS) is 10.3. The van der Waals surface area contributed by atoms with Crippen LogP contribution >= 0.6 is 39.3 Å². The molecule has 1 aromatic carbocycles. The minimum absolute atomic E-state index is 0.0330. The highest BCUT2D eigenvalue weighted by molar-refractivity contribution is 9.10. The van der Waals surface area contributed by atoms with Gasteiger partial charge >= 0.3 is 5.69 Å². The van der Waals surface area contributed by atoms with Crippen molar-refractivity contribution in [1.82, 2.24) is 4.98 Å². The SMILES string of the molecule is O=[N+]([O-])c1cc(Br)cnc1Sc1cccc(Cl)c1. The minimum atomic E-state index is -0.454. The van der Waals surface area contributed by atoms with E-state index >= 15 is 0 Å². The second-order valence-electron chi connectivity index (χ2n) is 3.29. The zero-order valence-corrected chi connectivity index (χ0v) is 12.0. The molecule has 2 rings (SSSR count). The molecule has 0 radical (unpaired) electrons. The second-order valence-corrected chi connectivity index (χ2v) is 5.71. The van der Waals surface area contributed by atoms with E-state index in [4.69, 9.17) is 11.6 Å². The van der Waals surface area contributed by atoms with Crippen LogP contribution in [0.1, 0.15) is 0 Å². The van der Waals surface area contributed by atoms with Crippen molar-refractivity contribution >= 4 is 45.0 Å². The van der Waals surface area contributed by atoms with E-state index in [-0.39, 0.29) is 5.69 Å². The van der Waals surface area contributed by atoms with Crippen LogP contribution in [0.5, 0.6) is 0 Å². The molecule has 0 amide bonds. The molecule has 0 unspecified atom stereocenters. The third-order valence-electron chi connectivity index (χ3n) is 2.01. The van der Waals surface area contributed by atoms with Crippen molar-refractivity contribution in [3.8, 4) is 0 Å². The molecule has 0 saturated carbocycles. The Morgan fingerprint density at radius 1 is 1.39 bits per heavy atom. The number of rotatable bonds is 3. The first kappa shape index (κ1) is 13.3. The second kappa shape index (κ2) is 5.69. The van der Waals surface area contributed by atoms with Gasteiger partial charge in [-0.2, -0.15) is 0 Å². The molecule has 18 heavy (non-hydrogen) atoms. The van der Waals surface area contributed by atoms with E-state index in [1.807, 2.05) is 6.07 Å². The fraction of sp³-hybridized carbons (Fsp3) is 0. The van der Waals surface area contributed by atoms with Gasteiger partial charge in [-0.05, 0) is 34.1 Å². The average molecular weight is 346 g/mol. The Kier molecular flexibility index (Phi) is 4.21. The van der Waals surface area contributed by atoms with Gasteiger partial charge in [0, 0.05) is 26.7 Å². The quantitative estimate of drug-likeness (QED) is 0.604. The van der Waals surface area contributed by atoms with Gasteiger partial charge in [-0.1, -0.05) is 29.4 Å². The standard InChI is InChI=1S/C11H6BrClN2O2S/c12-7-4-10(15(16)17)11(14-6-7)18-9-3-1-2-8(13)5-9/h1-6H. The molecule has 92 valence electrons. The molecule has 0 spiro atoms. The number of benzene rings is 1. The predicted octanol–water partition coefficient (Wildman–Crippen LogP) is 4.56. The molecule has 0 N–H and O–H groups in total. The molecular formula is C11H6BrClN2O2S. The van der Waals surface area contributed by atoms with E-state index < -0.39 is 4.92 Å². The zero-order valence-electron chi connectivity index (χ0n) is 8.84. The van der Waals surface area contributed by atoms with Gasteiger partial charge in [-0.3, -0.25) is 10.1 Å². The van der Waals surface area contributed by atoms with E-state index in [1.54, 1.807) is 18.2 Å². The maximum Gasteiger partial charge on any atom is 0.302 e. The van der Waals surface area contributed by atoms with Crippen LogP contribution in [0.15, 0.2) is 50.9 Å². The molecule has 0 aliphatic carbocycles. The monoisotopic (exact) mass is 344 g/mol. The van der Waals surface area contributed by atoms with E-state index in [0.717, 1.165) is 4.90 Å². The summed E-state index contributed by atoms with van der Waals surface area (Å²) in [5, 5.41) is 11.9. The van der Waals surface area contributed by atoms with E-state index in [1.165, 1.54) is 24.0 Å². The zero-order chi connectivity index (χ0) is 13.1. The average Bonchev–Trinajstić information content (AvgIpc) is 2.31. The number of nitrogens with zero attached hydrogens (tertiary/aromatic N) is 2. The smallest absolute Gasteiger partial charge is 0.258 e. The van der Waals surface area contributed by atoms with Crippen LogP contribution in [-0.4, -0.2) is 9.91 Å². The lowest BCUT2D eigenvalue weighted by Crippen LogP contribution is -1.93. The number of halogens is 2. The van der Waals surface area contributed by atoms with Crippen LogP contribution in [0.25, 0.3) is 0 Å². The summed E-state index contributed by atoms with van der Waals surface area (Å²) in [5.41, 5.74) is -0.0330. The Bertz CT molecular complexity index is 609. The minimum Gasteiger partial charge on any atom is -0.258 e. The molecule has 7 heteroatoms. The number of pyridine rings is 1. The summed E-state index contributed by atoms with van der Waals surface area (Å²) in [6.45, 7) is 0. The van der Waals surface area contributed by atoms with Crippen LogP contribution < -0.4 is 0 Å². The van der Waals surface area contributed by atoms with E-state index in [2.05, 4.69) is 20.9 Å². The predicted molar refractivity (Wildman–Crippen MR) is 74.2 cm³/mol. The van der Waals surface area contributed by atoms with Crippen LogP contribution in [0.4, 0.5) is 5.69 Å². The number of hydrogen-bond acceptors (Lipinski definition) is 4. The van der Waals surface area contributed by atoms with Gasteiger partial charge in [0.15, 0.2) is 5.03 Å². The van der Waals surface area contributed by atoms with Crippen molar-refractivity contribution in [2.24, 2.45) is 0 Å². The molecular weight excluding hydrogens is 340 g/mol. The maximum absolute atomic E-state index is 10.9. The van der Waals surface area contributed by atoms with Crippen molar-refractivity contribution < 1.29 is 4.92 Å². The fourth-order valence-corrected chi connectivity index (χ4v) is 2.74. The number of aromatic nitrogens is 1. The summed E-state index contributed by atoms with van der Waals surface area (Å²) in [5.74, 6) is 0. The van der Waals surface area contributed by atoms with Crippen molar-refractivity contribution in [2.75, 3.05) is 0 Å². The lowest BCUT2D eigenvalue weighted by atomic mass is 10.4. The Labute approximate surface area is 121 Å². The summed E-state index contributed by atoms with van der Waals surface area (Å²) in [6.07, 6.45) is 1.53. The van der Waals surface area contributed by atoms with E-state index in [9.17, 15) is 10.1 Å². The first-order valence-corrected chi connectivity index (χ1v) is 6.78. The van der Waals surface area contributed by atoms with Crippen molar-refractivity contribution in [3.05, 3.63) is 56.1 Å². The van der Waals surface area contributed by atoms with Crippen LogP contribution in [-0.2, 0) is 0 Å². The molecule has 0 bridgehead atoms. The van der Waals surface area contributed by atoms with Gasteiger partial charge in [0.1, 0.15) is 0 Å². The summed E-state index contributed by atoms with van der Waals surface area (Å²) < 4.78 is 0.574. The first-order chi connectivity index (χ1) is 8.56. The summed E-state index contributed by atoms with van der Waals surface area (Å²) in [4.78, 5) is 15.3. The highest BCUT2D eigenvalue weighted by atomic mass is 79.9. The number of nitro groups is 1. The van der Waals surface area contributed by atoms with Crippen molar-refractivity contribution in [1.29, 1.82) is 0 Å². The Balaban J connectivity index is 2.37. The number of hydrogen-bond donors (Lipinski definition) is 0. The molecule has 4 nitrogen and oxygen atoms in total. The third-order valence-corrected chi connectivity index (χ3v) is 3.67. The summed E-state index contributed by atoms with van der Waals surface area (Å²) in [6, 6.07) is 8.52. The van der Waals surface area contributed by atoms with Crippen molar-refractivity contribution in [3.63, 3.8) is 0 Å². The Morgan fingerprint density at radius 3 is 2.83 bits per heavy atom. The van der Waals surface area contributed by atoms with Crippen LogP contribution in [0.3, 0.4) is 0 Å². The maximum atomic E-state index is 10.9. The molecule has 0 fully saturated rings. The molecule has 1 heterocycles. The van der Waals surface area contributed by atoms with Gasteiger partial charge in [-0.25, -0.2) is 4.98 Å². The lowest BCUT2D eigenvalue weighted by molar-refractivity contribution is -0.388. The molecule has 0 saturated heterocycles. The van der Waals surface area contributed by atoms with Gasteiger partial charge in [0.2, 0.25) is 0 Å². The molecule has 2 aromatic rings. The summed E-state index contributed by atoms with van der Waals surface area (Å²) >= 11 is 10.2. The first-order valence-electron chi connectivity index (χ1n) is 4.79. The fourth-order valence-electron chi connectivity index (χ4n) is 1.27. The Morgan fingerprint density at radius 2 is 2.17 bits per heavy atom. The molecule has 0 atom stereocenters. The molecule has 1 aromatic heterocycles. The highest BCUT2D eigenvalue weighted by Gasteiger charge is 2.17. The third kappa shape index (κ3) is 3.22. The van der Waals surface area contributed by atoms with Gasteiger partial charge in [0.05, 0.1) is 4.92 Å². The summed E-state index contributed by atoms with van der Waals surface area (Å²) in [7, 11) is 0. The van der Waals surface area contributed by atoms with E-state index in [0.29, 0.717) is 14.5 Å². The van der Waals surface area contributed by atoms with Gasteiger partial charge in [-0.15, -0.1) is 0 Å². The van der Waals surface area contributed by atoms with Crippen LogP contribution in [0, 0.1) is 10.1 Å².